The van der Waals surface area contributed by atoms with Crippen LogP contribution in [0, 0.1) is 5.92 Å². The highest BCUT2D eigenvalue weighted by Gasteiger charge is 2.20. The molecule has 0 aliphatic rings. The van der Waals surface area contributed by atoms with Gasteiger partial charge in [0.15, 0.2) is 0 Å². The molecule has 1 unspecified atom stereocenters. The van der Waals surface area contributed by atoms with E-state index >= 15 is 0 Å². The Morgan fingerprint density at radius 2 is 1.95 bits per heavy atom. The number of carbonyl (C=O) groups is 2. The van der Waals surface area contributed by atoms with Gasteiger partial charge in [-0.25, -0.2) is 4.98 Å². The van der Waals surface area contributed by atoms with Crippen LogP contribution in [-0.2, 0) is 4.79 Å². The van der Waals surface area contributed by atoms with Crippen LogP contribution in [0.5, 0.6) is 0 Å². The number of halogens is 1. The van der Waals surface area contributed by atoms with Crippen molar-refractivity contribution in [3.05, 3.63) is 41.2 Å². The van der Waals surface area contributed by atoms with Crippen LogP contribution in [0.1, 0.15) is 17.3 Å². The summed E-state index contributed by atoms with van der Waals surface area (Å²) in [7, 11) is 1.57. The van der Waals surface area contributed by atoms with E-state index in [1.807, 2.05) is 12.1 Å². The number of rotatable bonds is 4. The smallest absolute Gasteiger partial charge is 0.308 e. The SMILES string of the molecule is CC(CN(C)C(=O)c1cnc(Cl)c2ccccc12)C(=O)O. The number of nitrogens with zero attached hydrogens (tertiary/aromatic N) is 2. The maximum absolute atomic E-state index is 12.5. The van der Waals surface area contributed by atoms with Crippen molar-refractivity contribution in [1.82, 2.24) is 9.88 Å². The van der Waals surface area contributed by atoms with Crippen molar-refractivity contribution in [3.63, 3.8) is 0 Å². The number of aliphatic carboxylic acids is 1. The van der Waals surface area contributed by atoms with Gasteiger partial charge in [0.1, 0.15) is 5.15 Å². The topological polar surface area (TPSA) is 70.5 Å². The number of fused-ring (bicyclic) bond motifs is 1. The second-order valence-electron chi connectivity index (χ2n) is 4.93. The Balaban J connectivity index is 2.36. The molecule has 1 amide bonds. The Morgan fingerprint density at radius 1 is 1.33 bits per heavy atom. The molecule has 1 atom stereocenters. The van der Waals surface area contributed by atoms with Crippen LogP contribution < -0.4 is 0 Å². The molecule has 110 valence electrons. The largest absolute Gasteiger partial charge is 0.481 e. The summed E-state index contributed by atoms with van der Waals surface area (Å²) >= 11 is 6.03. The zero-order chi connectivity index (χ0) is 15.6. The van der Waals surface area contributed by atoms with Crippen molar-refractivity contribution in [2.45, 2.75) is 6.92 Å². The number of carbonyl (C=O) groups excluding carboxylic acids is 1. The van der Waals surface area contributed by atoms with Gasteiger partial charge in [0.2, 0.25) is 0 Å². The molecule has 2 aromatic rings. The highest BCUT2D eigenvalue weighted by molar-refractivity contribution is 6.34. The third-order valence-electron chi connectivity index (χ3n) is 3.29. The molecule has 1 heterocycles. The Bertz CT molecular complexity index is 702. The minimum absolute atomic E-state index is 0.130. The number of hydrogen-bond acceptors (Lipinski definition) is 3. The first-order valence-electron chi connectivity index (χ1n) is 6.43. The lowest BCUT2D eigenvalue weighted by Crippen LogP contribution is -2.33. The third-order valence-corrected chi connectivity index (χ3v) is 3.59. The summed E-state index contributed by atoms with van der Waals surface area (Å²) in [6.45, 7) is 1.69. The Labute approximate surface area is 127 Å². The monoisotopic (exact) mass is 306 g/mol. The van der Waals surface area contributed by atoms with Gasteiger partial charge in [-0.3, -0.25) is 9.59 Å². The van der Waals surface area contributed by atoms with Crippen molar-refractivity contribution < 1.29 is 14.7 Å². The highest BCUT2D eigenvalue weighted by Crippen LogP contribution is 2.25. The van der Waals surface area contributed by atoms with Crippen LogP contribution in [0.25, 0.3) is 10.8 Å². The molecule has 1 aromatic carbocycles. The first-order valence-corrected chi connectivity index (χ1v) is 6.81. The van der Waals surface area contributed by atoms with Gasteiger partial charge in [0.05, 0.1) is 11.5 Å². The summed E-state index contributed by atoms with van der Waals surface area (Å²) in [4.78, 5) is 28.8. The fourth-order valence-corrected chi connectivity index (χ4v) is 2.32. The third kappa shape index (κ3) is 3.13. The van der Waals surface area contributed by atoms with E-state index in [0.717, 1.165) is 0 Å². The summed E-state index contributed by atoms with van der Waals surface area (Å²) in [6, 6.07) is 7.22. The predicted octanol–water partition coefficient (Wildman–Crippen LogP) is 2.68. The van der Waals surface area contributed by atoms with Crippen LogP contribution in [-0.4, -0.2) is 40.5 Å². The molecule has 0 bridgehead atoms. The number of benzene rings is 1. The van der Waals surface area contributed by atoms with Gasteiger partial charge in [-0.1, -0.05) is 42.8 Å². The van der Waals surface area contributed by atoms with Crippen LogP contribution in [0.4, 0.5) is 0 Å². The molecule has 5 nitrogen and oxygen atoms in total. The Morgan fingerprint density at radius 3 is 2.57 bits per heavy atom. The van der Waals surface area contributed by atoms with E-state index in [4.69, 9.17) is 16.7 Å². The van der Waals surface area contributed by atoms with E-state index < -0.39 is 11.9 Å². The number of hydrogen-bond donors (Lipinski definition) is 1. The molecule has 0 radical (unpaired) electrons. The van der Waals surface area contributed by atoms with Crippen molar-refractivity contribution in [2.24, 2.45) is 5.92 Å². The summed E-state index contributed by atoms with van der Waals surface area (Å²) in [6.07, 6.45) is 1.43. The van der Waals surface area contributed by atoms with Gasteiger partial charge in [-0.05, 0) is 5.39 Å². The molecule has 2 rings (SSSR count). The van der Waals surface area contributed by atoms with E-state index in [2.05, 4.69) is 4.98 Å². The summed E-state index contributed by atoms with van der Waals surface area (Å²) in [5.74, 6) is -1.84. The highest BCUT2D eigenvalue weighted by atomic mass is 35.5. The Kier molecular flexibility index (Phi) is 4.43. The fourth-order valence-electron chi connectivity index (χ4n) is 2.11. The number of carboxylic acids is 1. The van der Waals surface area contributed by atoms with E-state index in [-0.39, 0.29) is 12.5 Å². The average molecular weight is 307 g/mol. The van der Waals surface area contributed by atoms with Crippen LogP contribution in [0.15, 0.2) is 30.5 Å². The lowest BCUT2D eigenvalue weighted by atomic mass is 10.1. The molecule has 0 aliphatic heterocycles. The summed E-state index contributed by atoms with van der Waals surface area (Å²) < 4.78 is 0. The van der Waals surface area contributed by atoms with Crippen molar-refractivity contribution in [1.29, 1.82) is 0 Å². The second kappa shape index (κ2) is 6.10. The predicted molar refractivity (Wildman–Crippen MR) is 80.5 cm³/mol. The molecular formula is C15H15ClN2O3. The first kappa shape index (κ1) is 15.3. The van der Waals surface area contributed by atoms with Gasteiger partial charge >= 0.3 is 5.97 Å². The molecule has 0 spiro atoms. The van der Waals surface area contributed by atoms with Crippen LogP contribution >= 0.6 is 11.6 Å². The van der Waals surface area contributed by atoms with E-state index in [0.29, 0.717) is 21.5 Å². The summed E-state index contributed by atoms with van der Waals surface area (Å²) in [5, 5.41) is 10.7. The quantitative estimate of drug-likeness (QED) is 0.882. The lowest BCUT2D eigenvalue weighted by Gasteiger charge is -2.20. The summed E-state index contributed by atoms with van der Waals surface area (Å²) in [5.41, 5.74) is 0.412. The van der Waals surface area contributed by atoms with Gasteiger partial charge in [-0.2, -0.15) is 0 Å². The number of pyridine rings is 1. The first-order chi connectivity index (χ1) is 9.91. The second-order valence-corrected chi connectivity index (χ2v) is 5.29. The number of aromatic nitrogens is 1. The van der Waals surface area contributed by atoms with Gasteiger partial charge in [0, 0.05) is 25.2 Å². The molecule has 0 saturated carbocycles. The van der Waals surface area contributed by atoms with E-state index in [1.54, 1.807) is 26.1 Å². The molecule has 0 saturated heterocycles. The van der Waals surface area contributed by atoms with E-state index in [1.165, 1.54) is 11.1 Å². The molecule has 6 heteroatoms. The van der Waals surface area contributed by atoms with Crippen LogP contribution in [0.3, 0.4) is 0 Å². The number of carboxylic acid groups (broad SMARTS) is 1. The molecule has 0 fully saturated rings. The molecule has 0 aliphatic carbocycles. The van der Waals surface area contributed by atoms with E-state index in [9.17, 15) is 9.59 Å². The fraction of sp³-hybridized carbons (Fsp3) is 0.267. The lowest BCUT2D eigenvalue weighted by molar-refractivity contribution is -0.141. The molecule has 1 aromatic heterocycles. The minimum Gasteiger partial charge on any atom is -0.481 e. The standard InChI is InChI=1S/C15H15ClN2O3/c1-9(15(20)21)8-18(2)14(19)12-7-17-13(16)11-6-4-3-5-10(11)12/h3-7,9H,8H2,1-2H3,(H,20,21). The Hall–Kier alpha value is -2.14. The van der Waals surface area contributed by atoms with Gasteiger partial charge in [-0.15, -0.1) is 0 Å². The maximum Gasteiger partial charge on any atom is 0.308 e. The normalized spacial score (nSPS) is 12.1. The van der Waals surface area contributed by atoms with Gasteiger partial charge in [0.25, 0.3) is 5.91 Å². The zero-order valence-electron chi connectivity index (χ0n) is 11.7. The number of amides is 1. The van der Waals surface area contributed by atoms with Crippen LogP contribution in [0.2, 0.25) is 5.15 Å². The minimum atomic E-state index is -0.936. The van der Waals surface area contributed by atoms with Crippen molar-refractivity contribution in [3.8, 4) is 0 Å². The maximum atomic E-state index is 12.5. The molecule has 21 heavy (non-hydrogen) atoms. The zero-order valence-corrected chi connectivity index (χ0v) is 12.5. The molecular weight excluding hydrogens is 292 g/mol. The van der Waals surface area contributed by atoms with Gasteiger partial charge < -0.3 is 10.0 Å². The average Bonchev–Trinajstić information content (AvgIpc) is 2.47. The van der Waals surface area contributed by atoms with Crippen molar-refractivity contribution in [2.75, 3.05) is 13.6 Å². The molecule has 1 N–H and O–H groups in total. The van der Waals surface area contributed by atoms with Crippen molar-refractivity contribution >= 4 is 34.2 Å².